The number of nitrogens with one attached hydrogen (secondary N) is 1. The van der Waals surface area contributed by atoms with Crippen molar-refractivity contribution >= 4 is 17.7 Å². The van der Waals surface area contributed by atoms with Crippen LogP contribution in [0.25, 0.3) is 0 Å². The van der Waals surface area contributed by atoms with E-state index < -0.39 is 0 Å². The summed E-state index contributed by atoms with van der Waals surface area (Å²) < 4.78 is 23.5. The van der Waals surface area contributed by atoms with Crippen molar-refractivity contribution < 1.29 is 18.7 Å². The van der Waals surface area contributed by atoms with Gasteiger partial charge in [0, 0.05) is 22.6 Å². The third kappa shape index (κ3) is 5.67. The fourth-order valence-corrected chi connectivity index (χ4v) is 3.21. The largest absolute Gasteiger partial charge is 0.497 e. The molecular weight excluding hydrogens is 341 g/mol. The van der Waals surface area contributed by atoms with Crippen molar-refractivity contribution in [1.29, 1.82) is 0 Å². The van der Waals surface area contributed by atoms with E-state index in [1.807, 2.05) is 25.1 Å². The molecule has 0 spiro atoms. The van der Waals surface area contributed by atoms with Crippen LogP contribution in [0.5, 0.6) is 11.5 Å². The Hall–Kier alpha value is -2.21. The molecule has 0 unspecified atom stereocenters. The van der Waals surface area contributed by atoms with Crippen LogP contribution >= 0.6 is 11.8 Å². The van der Waals surface area contributed by atoms with Crippen molar-refractivity contribution in [2.75, 3.05) is 20.0 Å². The van der Waals surface area contributed by atoms with Gasteiger partial charge in [-0.25, -0.2) is 4.39 Å². The summed E-state index contributed by atoms with van der Waals surface area (Å²) in [7, 11) is 3.20. The second kappa shape index (κ2) is 9.32. The van der Waals surface area contributed by atoms with Gasteiger partial charge in [-0.15, -0.1) is 11.8 Å². The van der Waals surface area contributed by atoms with E-state index in [2.05, 4.69) is 5.32 Å². The van der Waals surface area contributed by atoms with Crippen molar-refractivity contribution in [2.24, 2.45) is 0 Å². The number of hydrogen-bond donors (Lipinski definition) is 1. The third-order valence-corrected chi connectivity index (χ3v) is 4.71. The van der Waals surface area contributed by atoms with Crippen LogP contribution in [0.1, 0.15) is 24.9 Å². The van der Waals surface area contributed by atoms with Crippen LogP contribution in [0.4, 0.5) is 4.39 Å². The molecule has 4 nitrogen and oxygen atoms in total. The van der Waals surface area contributed by atoms with Gasteiger partial charge in [0.1, 0.15) is 17.3 Å². The smallest absolute Gasteiger partial charge is 0.221 e. The minimum Gasteiger partial charge on any atom is -0.497 e. The molecule has 25 heavy (non-hydrogen) atoms. The van der Waals surface area contributed by atoms with Gasteiger partial charge in [-0.2, -0.15) is 0 Å². The lowest BCUT2D eigenvalue weighted by Gasteiger charge is -2.18. The van der Waals surface area contributed by atoms with Crippen LogP contribution in [0.3, 0.4) is 0 Å². The first kappa shape index (κ1) is 19.1. The maximum atomic E-state index is 12.9. The van der Waals surface area contributed by atoms with Crippen molar-refractivity contribution in [2.45, 2.75) is 24.3 Å². The van der Waals surface area contributed by atoms with Gasteiger partial charge in [0.2, 0.25) is 5.91 Å². The Morgan fingerprint density at radius 1 is 1.16 bits per heavy atom. The van der Waals surface area contributed by atoms with Crippen molar-refractivity contribution in [3.63, 3.8) is 0 Å². The van der Waals surface area contributed by atoms with Gasteiger partial charge < -0.3 is 14.8 Å². The predicted molar refractivity (Wildman–Crippen MR) is 97.8 cm³/mol. The van der Waals surface area contributed by atoms with E-state index in [0.29, 0.717) is 23.7 Å². The van der Waals surface area contributed by atoms with Crippen molar-refractivity contribution in [3.8, 4) is 11.5 Å². The Morgan fingerprint density at radius 2 is 1.88 bits per heavy atom. The van der Waals surface area contributed by atoms with E-state index in [4.69, 9.17) is 9.47 Å². The zero-order valence-corrected chi connectivity index (χ0v) is 15.4. The molecule has 0 saturated carbocycles. The van der Waals surface area contributed by atoms with Crippen LogP contribution < -0.4 is 14.8 Å². The number of carbonyl (C=O) groups excluding carboxylic acids is 1. The van der Waals surface area contributed by atoms with E-state index in [1.165, 1.54) is 23.9 Å². The quantitative estimate of drug-likeness (QED) is 0.714. The summed E-state index contributed by atoms with van der Waals surface area (Å²) in [6.45, 7) is 1.91. The fraction of sp³-hybridized carbons (Fsp3) is 0.316. The predicted octanol–water partition coefficient (Wildman–Crippen LogP) is 4.20. The Kier molecular flexibility index (Phi) is 7.13. The van der Waals surface area contributed by atoms with Crippen LogP contribution in [0.15, 0.2) is 47.4 Å². The molecule has 0 aliphatic rings. The summed E-state index contributed by atoms with van der Waals surface area (Å²) in [4.78, 5) is 13.1. The maximum Gasteiger partial charge on any atom is 0.221 e. The SMILES string of the molecule is COc1ccc(OC)c([C@H](C)NC(=O)CCSc2ccc(F)cc2)c1. The van der Waals surface area contributed by atoms with E-state index >= 15 is 0 Å². The highest BCUT2D eigenvalue weighted by Gasteiger charge is 2.15. The summed E-state index contributed by atoms with van der Waals surface area (Å²) >= 11 is 1.52. The van der Waals surface area contributed by atoms with Gasteiger partial charge in [0.15, 0.2) is 0 Å². The monoisotopic (exact) mass is 363 g/mol. The Morgan fingerprint density at radius 3 is 2.52 bits per heavy atom. The zero-order chi connectivity index (χ0) is 18.2. The Bertz CT molecular complexity index is 706. The van der Waals surface area contributed by atoms with E-state index in [1.54, 1.807) is 26.4 Å². The molecule has 2 aromatic carbocycles. The highest BCUT2D eigenvalue weighted by molar-refractivity contribution is 7.99. The van der Waals surface area contributed by atoms with Gasteiger partial charge in [-0.1, -0.05) is 0 Å². The molecule has 2 rings (SSSR count). The lowest BCUT2D eigenvalue weighted by atomic mass is 10.1. The van der Waals surface area contributed by atoms with Crippen molar-refractivity contribution in [3.05, 3.63) is 53.8 Å². The second-order valence-corrected chi connectivity index (χ2v) is 6.62. The Balaban J connectivity index is 1.88. The highest BCUT2D eigenvalue weighted by atomic mass is 32.2. The van der Waals surface area contributed by atoms with Gasteiger partial charge in [0.25, 0.3) is 0 Å². The Labute approximate surface area is 151 Å². The first-order valence-electron chi connectivity index (χ1n) is 7.93. The van der Waals surface area contributed by atoms with Gasteiger partial charge in [-0.3, -0.25) is 4.79 Å². The summed E-state index contributed by atoms with van der Waals surface area (Å²) in [6.07, 6.45) is 0.374. The number of methoxy groups -OCH3 is 2. The molecule has 0 saturated heterocycles. The summed E-state index contributed by atoms with van der Waals surface area (Å²) in [6, 6.07) is 11.5. The van der Waals surface area contributed by atoms with Crippen LogP contribution in [-0.4, -0.2) is 25.9 Å². The number of hydrogen-bond acceptors (Lipinski definition) is 4. The number of carbonyl (C=O) groups is 1. The van der Waals surface area contributed by atoms with Crippen LogP contribution in [0, 0.1) is 5.82 Å². The highest BCUT2D eigenvalue weighted by Crippen LogP contribution is 2.29. The van der Waals surface area contributed by atoms with E-state index in [9.17, 15) is 9.18 Å². The number of amides is 1. The first-order valence-corrected chi connectivity index (χ1v) is 8.91. The normalized spacial score (nSPS) is 11.7. The molecule has 1 N–H and O–H groups in total. The number of halogens is 1. The molecule has 0 bridgehead atoms. The zero-order valence-electron chi connectivity index (χ0n) is 14.5. The standard InChI is InChI=1S/C19H22FNO3S/c1-13(17-12-15(23-2)6-9-18(17)24-3)21-19(22)10-11-25-16-7-4-14(20)5-8-16/h4-9,12-13H,10-11H2,1-3H3,(H,21,22)/t13-/m0/s1. The summed E-state index contributed by atoms with van der Waals surface area (Å²) in [5.41, 5.74) is 0.862. The lowest BCUT2D eigenvalue weighted by Crippen LogP contribution is -2.27. The number of rotatable bonds is 8. The van der Waals surface area contributed by atoms with E-state index in [-0.39, 0.29) is 17.8 Å². The molecule has 0 radical (unpaired) electrons. The number of ether oxygens (including phenoxy) is 2. The average molecular weight is 363 g/mol. The van der Waals surface area contributed by atoms with Gasteiger partial charge in [0.05, 0.1) is 20.3 Å². The molecule has 134 valence electrons. The molecule has 0 aliphatic heterocycles. The minimum absolute atomic E-state index is 0.0491. The number of benzene rings is 2. The third-order valence-electron chi connectivity index (χ3n) is 3.69. The molecule has 6 heteroatoms. The topological polar surface area (TPSA) is 47.6 Å². The minimum atomic E-state index is -0.261. The fourth-order valence-electron chi connectivity index (χ4n) is 2.36. The van der Waals surface area contributed by atoms with Crippen LogP contribution in [0.2, 0.25) is 0 Å². The lowest BCUT2D eigenvalue weighted by molar-refractivity contribution is -0.121. The second-order valence-electron chi connectivity index (χ2n) is 5.45. The van der Waals surface area contributed by atoms with Gasteiger partial charge >= 0.3 is 0 Å². The molecule has 0 aromatic heterocycles. The first-order chi connectivity index (χ1) is 12.0. The summed E-state index contributed by atoms with van der Waals surface area (Å²) in [5.74, 6) is 1.73. The molecule has 1 amide bonds. The molecular formula is C19H22FNO3S. The number of thioether (sulfide) groups is 1. The average Bonchev–Trinajstić information content (AvgIpc) is 2.62. The molecule has 0 aliphatic carbocycles. The molecule has 0 fully saturated rings. The van der Waals surface area contributed by atoms with Gasteiger partial charge in [-0.05, 0) is 49.4 Å². The maximum absolute atomic E-state index is 12.9. The molecule has 1 atom stereocenters. The van der Waals surface area contributed by atoms with E-state index in [0.717, 1.165) is 10.5 Å². The molecule has 2 aromatic rings. The molecule has 0 heterocycles. The van der Waals surface area contributed by atoms with Crippen molar-refractivity contribution in [1.82, 2.24) is 5.32 Å². The van der Waals surface area contributed by atoms with Crippen LogP contribution in [-0.2, 0) is 4.79 Å². The summed E-state index contributed by atoms with van der Waals surface area (Å²) in [5, 5.41) is 2.97.